The second-order valence-corrected chi connectivity index (χ2v) is 2.47. The topological polar surface area (TPSA) is 62.0 Å². The third-order valence-corrected chi connectivity index (χ3v) is 1.67. The maximum absolute atomic E-state index is 9.07. The Balaban J connectivity index is 2.90. The molecular weight excluding hydrogens is 140 g/mol. The molecule has 0 saturated carbocycles. The van der Waals surface area contributed by atoms with Crippen molar-refractivity contribution in [2.24, 2.45) is 0 Å². The van der Waals surface area contributed by atoms with Gasteiger partial charge >= 0.3 is 0 Å². The number of nitrogen functional groups attached to an aromatic ring is 1. The molecule has 0 atom stereocenters. The highest BCUT2D eigenvalue weighted by molar-refractivity contribution is 5.91. The standard InChI is InChI=1S/C8H8N2O/c9-6-3-1-2-5-4-7(11)10-8(5)6/h1-4,10-11H,9H2. The van der Waals surface area contributed by atoms with Gasteiger partial charge in [-0.05, 0) is 6.07 Å². The molecule has 56 valence electrons. The molecule has 4 N–H and O–H groups in total. The fraction of sp³-hybridized carbons (Fsp3) is 0. The first-order valence-electron chi connectivity index (χ1n) is 3.33. The molecule has 0 saturated heterocycles. The summed E-state index contributed by atoms with van der Waals surface area (Å²) in [4.78, 5) is 2.76. The highest BCUT2D eigenvalue weighted by Crippen LogP contribution is 2.23. The summed E-state index contributed by atoms with van der Waals surface area (Å²) in [7, 11) is 0. The lowest BCUT2D eigenvalue weighted by atomic mass is 10.2. The van der Waals surface area contributed by atoms with Crippen LogP contribution in [0.1, 0.15) is 0 Å². The lowest BCUT2D eigenvalue weighted by molar-refractivity contribution is 0.458. The predicted octanol–water partition coefficient (Wildman–Crippen LogP) is 1.46. The van der Waals surface area contributed by atoms with E-state index in [0.717, 1.165) is 10.9 Å². The number of nitrogens with one attached hydrogen (secondary N) is 1. The van der Waals surface area contributed by atoms with E-state index in [-0.39, 0.29) is 5.88 Å². The fourth-order valence-corrected chi connectivity index (χ4v) is 1.16. The van der Waals surface area contributed by atoms with Gasteiger partial charge in [-0.2, -0.15) is 0 Å². The molecule has 1 heterocycles. The van der Waals surface area contributed by atoms with Crippen molar-refractivity contribution in [3.05, 3.63) is 24.3 Å². The van der Waals surface area contributed by atoms with Crippen LogP contribution in [0.5, 0.6) is 5.88 Å². The zero-order valence-corrected chi connectivity index (χ0v) is 5.83. The lowest BCUT2D eigenvalue weighted by Crippen LogP contribution is -1.84. The third kappa shape index (κ3) is 0.816. The van der Waals surface area contributed by atoms with Gasteiger partial charge in [-0.3, -0.25) is 0 Å². The van der Waals surface area contributed by atoms with E-state index in [4.69, 9.17) is 10.8 Å². The van der Waals surface area contributed by atoms with Crippen LogP contribution in [0.25, 0.3) is 10.9 Å². The zero-order valence-electron chi connectivity index (χ0n) is 5.83. The lowest BCUT2D eigenvalue weighted by Gasteiger charge is -1.92. The normalized spacial score (nSPS) is 10.5. The molecule has 0 amide bonds. The summed E-state index contributed by atoms with van der Waals surface area (Å²) in [6.45, 7) is 0. The number of fused-ring (bicyclic) bond motifs is 1. The molecular formula is C8H8N2O. The van der Waals surface area contributed by atoms with Crippen molar-refractivity contribution >= 4 is 16.6 Å². The molecule has 0 radical (unpaired) electrons. The van der Waals surface area contributed by atoms with Crippen molar-refractivity contribution in [2.75, 3.05) is 5.73 Å². The molecule has 3 heteroatoms. The summed E-state index contributed by atoms with van der Waals surface area (Å²) in [5, 5.41) is 10.0. The maximum Gasteiger partial charge on any atom is 0.189 e. The number of benzene rings is 1. The Labute approximate surface area is 63.5 Å². The van der Waals surface area contributed by atoms with Gasteiger partial charge in [0.05, 0.1) is 11.2 Å². The summed E-state index contributed by atoms with van der Waals surface area (Å²) >= 11 is 0. The van der Waals surface area contributed by atoms with Gasteiger partial charge in [-0.15, -0.1) is 0 Å². The van der Waals surface area contributed by atoms with Crippen LogP contribution in [0.2, 0.25) is 0 Å². The first-order valence-corrected chi connectivity index (χ1v) is 3.33. The molecule has 0 bridgehead atoms. The monoisotopic (exact) mass is 148 g/mol. The van der Waals surface area contributed by atoms with Gasteiger partial charge in [-0.25, -0.2) is 0 Å². The van der Waals surface area contributed by atoms with Crippen LogP contribution in [0.4, 0.5) is 5.69 Å². The van der Waals surface area contributed by atoms with Crippen LogP contribution in [-0.4, -0.2) is 10.1 Å². The second kappa shape index (κ2) is 1.92. The smallest absolute Gasteiger partial charge is 0.189 e. The molecule has 0 aliphatic carbocycles. The van der Waals surface area contributed by atoms with Gasteiger partial charge < -0.3 is 15.8 Å². The molecule has 1 aromatic heterocycles. The zero-order chi connectivity index (χ0) is 7.84. The van der Waals surface area contributed by atoms with Crippen molar-refractivity contribution in [2.45, 2.75) is 0 Å². The van der Waals surface area contributed by atoms with E-state index < -0.39 is 0 Å². The number of aromatic nitrogens is 1. The minimum absolute atomic E-state index is 0.151. The average molecular weight is 148 g/mol. The van der Waals surface area contributed by atoms with E-state index in [0.29, 0.717) is 5.69 Å². The number of para-hydroxylation sites is 1. The van der Waals surface area contributed by atoms with Crippen molar-refractivity contribution < 1.29 is 5.11 Å². The average Bonchev–Trinajstić information content (AvgIpc) is 2.31. The van der Waals surface area contributed by atoms with Crippen LogP contribution in [0, 0.1) is 0 Å². The molecule has 1 aromatic carbocycles. The minimum Gasteiger partial charge on any atom is -0.495 e. The number of rotatable bonds is 0. The molecule has 11 heavy (non-hydrogen) atoms. The molecule has 0 aliphatic rings. The van der Waals surface area contributed by atoms with Gasteiger partial charge in [0.2, 0.25) is 0 Å². The molecule has 0 spiro atoms. The highest BCUT2D eigenvalue weighted by Gasteiger charge is 1.99. The maximum atomic E-state index is 9.07. The first kappa shape index (κ1) is 6.09. The van der Waals surface area contributed by atoms with E-state index >= 15 is 0 Å². The first-order chi connectivity index (χ1) is 5.27. The number of hydrogen-bond acceptors (Lipinski definition) is 2. The minimum atomic E-state index is 0.151. The number of anilines is 1. The molecule has 2 aromatic rings. The number of aromatic hydroxyl groups is 1. The van der Waals surface area contributed by atoms with Crippen LogP contribution < -0.4 is 5.73 Å². The summed E-state index contributed by atoms with van der Waals surface area (Å²) in [6.07, 6.45) is 0. The summed E-state index contributed by atoms with van der Waals surface area (Å²) in [5.74, 6) is 0.151. The van der Waals surface area contributed by atoms with Crippen LogP contribution in [-0.2, 0) is 0 Å². The van der Waals surface area contributed by atoms with Gasteiger partial charge in [0, 0.05) is 11.5 Å². The second-order valence-electron chi connectivity index (χ2n) is 2.47. The van der Waals surface area contributed by atoms with Crippen LogP contribution in [0.15, 0.2) is 24.3 Å². The van der Waals surface area contributed by atoms with E-state index in [1.807, 2.05) is 12.1 Å². The Morgan fingerprint density at radius 2 is 2.18 bits per heavy atom. The van der Waals surface area contributed by atoms with Gasteiger partial charge in [-0.1, -0.05) is 12.1 Å². The van der Waals surface area contributed by atoms with Gasteiger partial charge in [0.1, 0.15) is 0 Å². The molecule has 3 nitrogen and oxygen atoms in total. The summed E-state index contributed by atoms with van der Waals surface area (Å²) in [6, 6.07) is 7.18. The Kier molecular flexibility index (Phi) is 1.06. The van der Waals surface area contributed by atoms with Gasteiger partial charge in [0.15, 0.2) is 5.88 Å². The molecule has 0 aliphatic heterocycles. The predicted molar refractivity (Wildman–Crippen MR) is 44.4 cm³/mol. The number of hydrogen-bond donors (Lipinski definition) is 3. The Bertz CT molecular complexity index is 392. The number of H-pyrrole nitrogens is 1. The quantitative estimate of drug-likeness (QED) is 0.495. The van der Waals surface area contributed by atoms with Crippen LogP contribution >= 0.6 is 0 Å². The fourth-order valence-electron chi connectivity index (χ4n) is 1.16. The van der Waals surface area contributed by atoms with E-state index in [1.54, 1.807) is 12.1 Å². The number of aromatic amines is 1. The Morgan fingerprint density at radius 3 is 2.91 bits per heavy atom. The summed E-state index contributed by atoms with van der Waals surface area (Å²) < 4.78 is 0. The Hall–Kier alpha value is -1.64. The van der Waals surface area contributed by atoms with E-state index in [1.165, 1.54) is 0 Å². The SMILES string of the molecule is Nc1cccc2cc(O)[nH]c12. The Morgan fingerprint density at radius 1 is 1.36 bits per heavy atom. The molecule has 2 rings (SSSR count). The van der Waals surface area contributed by atoms with E-state index in [9.17, 15) is 0 Å². The number of nitrogens with two attached hydrogens (primary N) is 1. The largest absolute Gasteiger partial charge is 0.495 e. The van der Waals surface area contributed by atoms with Crippen molar-refractivity contribution in [1.82, 2.24) is 4.98 Å². The summed E-state index contributed by atoms with van der Waals surface area (Å²) in [5.41, 5.74) is 7.08. The van der Waals surface area contributed by atoms with Crippen LogP contribution in [0.3, 0.4) is 0 Å². The third-order valence-electron chi connectivity index (χ3n) is 1.67. The highest BCUT2D eigenvalue weighted by atomic mass is 16.3. The molecule has 0 fully saturated rings. The van der Waals surface area contributed by atoms with Gasteiger partial charge in [0.25, 0.3) is 0 Å². The molecule has 0 unspecified atom stereocenters. The van der Waals surface area contributed by atoms with Crippen molar-refractivity contribution in [1.29, 1.82) is 0 Å². The van der Waals surface area contributed by atoms with Crippen molar-refractivity contribution in [3.63, 3.8) is 0 Å². The van der Waals surface area contributed by atoms with Crippen molar-refractivity contribution in [3.8, 4) is 5.88 Å². The van der Waals surface area contributed by atoms with E-state index in [2.05, 4.69) is 4.98 Å².